The van der Waals surface area contributed by atoms with Gasteiger partial charge < -0.3 is 9.94 Å². The van der Waals surface area contributed by atoms with Crippen LogP contribution in [-0.4, -0.2) is 17.4 Å². The molecule has 0 bridgehead atoms. The molecule has 1 aromatic rings. The van der Waals surface area contributed by atoms with Crippen LogP contribution in [-0.2, 0) is 11.1 Å². The first-order chi connectivity index (χ1) is 8.26. The Balaban J connectivity index is 2.77. The Morgan fingerprint density at radius 2 is 1.67 bits per heavy atom. The lowest BCUT2D eigenvalue weighted by atomic mass is 9.89. The number of rotatable bonds is 1. The van der Waals surface area contributed by atoms with Gasteiger partial charge in [-0.1, -0.05) is 5.92 Å². The molecule has 0 saturated carbocycles. The molecular formula is C15H19NO2. The fourth-order valence-corrected chi connectivity index (χ4v) is 2.80. The average Bonchev–Trinajstić information content (AvgIpc) is 2.47. The van der Waals surface area contributed by atoms with Crippen LogP contribution in [0.4, 0.5) is 0 Å². The lowest BCUT2D eigenvalue weighted by Gasteiger charge is -2.34. The van der Waals surface area contributed by atoms with Crippen molar-refractivity contribution < 1.29 is 9.94 Å². The smallest absolute Gasteiger partial charge is 0.134 e. The maximum Gasteiger partial charge on any atom is 0.134 e. The van der Waals surface area contributed by atoms with Crippen molar-refractivity contribution in [2.45, 2.75) is 38.8 Å². The normalized spacial score (nSPS) is 20.3. The maximum absolute atomic E-state index is 10.4. The Kier molecular flexibility index (Phi) is 2.69. The molecule has 3 nitrogen and oxygen atoms in total. The van der Waals surface area contributed by atoms with E-state index in [2.05, 4.69) is 5.92 Å². The minimum Gasteiger partial charge on any atom is -0.495 e. The lowest BCUT2D eigenvalue weighted by Crippen LogP contribution is -2.42. The second-order valence-electron chi connectivity index (χ2n) is 5.67. The summed E-state index contributed by atoms with van der Waals surface area (Å²) >= 11 is 0. The molecule has 1 heterocycles. The van der Waals surface area contributed by atoms with Crippen LogP contribution in [0.5, 0.6) is 5.75 Å². The molecule has 18 heavy (non-hydrogen) atoms. The predicted octanol–water partition coefficient (Wildman–Crippen LogP) is 2.85. The highest BCUT2D eigenvalue weighted by atomic mass is 16.5. The molecule has 3 heteroatoms. The highest BCUT2D eigenvalue weighted by Crippen LogP contribution is 2.49. The van der Waals surface area contributed by atoms with Gasteiger partial charge in [-0.25, -0.2) is 0 Å². The van der Waals surface area contributed by atoms with Gasteiger partial charge in [0.2, 0.25) is 0 Å². The number of nitrogens with zero attached hydrogens (tertiary/aromatic N) is 1. The van der Waals surface area contributed by atoms with E-state index in [0.717, 1.165) is 16.7 Å². The molecule has 96 valence electrons. The molecule has 0 fully saturated rings. The Morgan fingerprint density at radius 3 is 2.11 bits per heavy atom. The first-order valence-corrected chi connectivity index (χ1v) is 5.95. The van der Waals surface area contributed by atoms with Crippen molar-refractivity contribution in [3.63, 3.8) is 0 Å². The van der Waals surface area contributed by atoms with Crippen LogP contribution >= 0.6 is 0 Å². The molecule has 0 amide bonds. The third kappa shape index (κ3) is 1.46. The van der Waals surface area contributed by atoms with E-state index in [1.807, 2.05) is 39.8 Å². The van der Waals surface area contributed by atoms with Crippen LogP contribution in [0.3, 0.4) is 0 Å². The van der Waals surface area contributed by atoms with E-state index < -0.39 is 11.1 Å². The zero-order chi connectivity index (χ0) is 13.7. The quantitative estimate of drug-likeness (QED) is 0.772. The van der Waals surface area contributed by atoms with Gasteiger partial charge in [-0.3, -0.25) is 0 Å². The van der Waals surface area contributed by atoms with E-state index in [0.29, 0.717) is 5.75 Å². The number of methoxy groups -OCH3 is 1. The SMILES string of the molecule is C#Cc1cc2c(cc1OC)C(C)(C)N(O)C2(C)C. The summed E-state index contributed by atoms with van der Waals surface area (Å²) in [5.74, 6) is 3.31. The molecular weight excluding hydrogens is 226 g/mol. The first kappa shape index (κ1) is 12.9. The molecule has 0 radical (unpaired) electrons. The molecule has 1 aliphatic rings. The number of hydroxylamine groups is 2. The van der Waals surface area contributed by atoms with Gasteiger partial charge in [0, 0.05) is 0 Å². The third-order valence-electron chi connectivity index (χ3n) is 3.87. The first-order valence-electron chi connectivity index (χ1n) is 5.95. The summed E-state index contributed by atoms with van der Waals surface area (Å²) in [5, 5.41) is 11.8. The number of terminal acetylenes is 1. The molecule has 1 aliphatic heterocycles. The number of benzene rings is 1. The van der Waals surface area contributed by atoms with Gasteiger partial charge >= 0.3 is 0 Å². The van der Waals surface area contributed by atoms with E-state index in [1.54, 1.807) is 7.11 Å². The van der Waals surface area contributed by atoms with Crippen molar-refractivity contribution in [3.8, 4) is 18.1 Å². The minimum absolute atomic E-state index is 0.459. The second-order valence-corrected chi connectivity index (χ2v) is 5.67. The highest BCUT2D eigenvalue weighted by Gasteiger charge is 2.49. The molecule has 0 saturated heterocycles. The zero-order valence-corrected chi connectivity index (χ0v) is 11.5. The summed E-state index contributed by atoms with van der Waals surface area (Å²) in [7, 11) is 1.60. The fourth-order valence-electron chi connectivity index (χ4n) is 2.80. The number of hydrogen-bond donors (Lipinski definition) is 1. The van der Waals surface area contributed by atoms with Gasteiger partial charge in [0.1, 0.15) is 5.75 Å². The molecule has 0 atom stereocenters. The fraction of sp³-hybridized carbons (Fsp3) is 0.467. The highest BCUT2D eigenvalue weighted by molar-refractivity contribution is 5.55. The summed E-state index contributed by atoms with van der Waals surface area (Å²) in [4.78, 5) is 0. The van der Waals surface area contributed by atoms with Gasteiger partial charge in [0.15, 0.2) is 0 Å². The van der Waals surface area contributed by atoms with Crippen LogP contribution in [0.1, 0.15) is 44.4 Å². The average molecular weight is 245 g/mol. The Labute approximate surface area is 108 Å². The van der Waals surface area contributed by atoms with Gasteiger partial charge in [-0.2, -0.15) is 5.06 Å². The summed E-state index contributed by atoms with van der Waals surface area (Å²) in [6, 6.07) is 3.87. The number of ether oxygens (including phenoxy) is 1. The van der Waals surface area contributed by atoms with Crippen molar-refractivity contribution >= 4 is 0 Å². The van der Waals surface area contributed by atoms with Crippen LogP contribution in [0.25, 0.3) is 0 Å². The zero-order valence-electron chi connectivity index (χ0n) is 11.5. The van der Waals surface area contributed by atoms with Gasteiger partial charge in [-0.05, 0) is 51.0 Å². The van der Waals surface area contributed by atoms with E-state index in [1.165, 1.54) is 5.06 Å². The van der Waals surface area contributed by atoms with Crippen LogP contribution in [0.2, 0.25) is 0 Å². The lowest BCUT2D eigenvalue weighted by molar-refractivity contribution is -0.216. The van der Waals surface area contributed by atoms with Crippen LogP contribution in [0, 0.1) is 12.3 Å². The predicted molar refractivity (Wildman–Crippen MR) is 70.6 cm³/mol. The summed E-state index contributed by atoms with van der Waals surface area (Å²) < 4.78 is 5.32. The Morgan fingerprint density at radius 1 is 1.17 bits per heavy atom. The van der Waals surface area contributed by atoms with E-state index >= 15 is 0 Å². The summed E-state index contributed by atoms with van der Waals surface area (Å²) in [5.41, 5.74) is 1.89. The molecule has 0 aliphatic carbocycles. The maximum atomic E-state index is 10.4. The van der Waals surface area contributed by atoms with Crippen molar-refractivity contribution in [3.05, 3.63) is 28.8 Å². The molecule has 0 unspecified atom stereocenters. The van der Waals surface area contributed by atoms with E-state index in [-0.39, 0.29) is 0 Å². The summed E-state index contributed by atoms with van der Waals surface area (Å²) in [6.07, 6.45) is 5.51. The van der Waals surface area contributed by atoms with E-state index in [4.69, 9.17) is 11.2 Å². The van der Waals surface area contributed by atoms with Crippen LogP contribution in [0.15, 0.2) is 12.1 Å². The molecule has 2 rings (SSSR count). The minimum atomic E-state index is -0.462. The van der Waals surface area contributed by atoms with Crippen molar-refractivity contribution in [2.75, 3.05) is 7.11 Å². The summed E-state index contributed by atoms with van der Waals surface area (Å²) in [6.45, 7) is 7.92. The van der Waals surface area contributed by atoms with Crippen molar-refractivity contribution in [1.29, 1.82) is 0 Å². The third-order valence-corrected chi connectivity index (χ3v) is 3.87. The van der Waals surface area contributed by atoms with Crippen LogP contribution < -0.4 is 4.74 Å². The second kappa shape index (κ2) is 3.74. The van der Waals surface area contributed by atoms with Gasteiger partial charge in [-0.15, -0.1) is 6.42 Å². The van der Waals surface area contributed by atoms with Gasteiger partial charge in [0.25, 0.3) is 0 Å². The Hall–Kier alpha value is -1.50. The standard InChI is InChI=1S/C15H19NO2/c1-7-10-8-11-12(9-13(10)18-6)15(4,5)16(17)14(11,2)3/h1,8-9,17H,2-6H3. The monoisotopic (exact) mass is 245 g/mol. The molecule has 1 aromatic carbocycles. The van der Waals surface area contributed by atoms with E-state index in [9.17, 15) is 5.21 Å². The topological polar surface area (TPSA) is 32.7 Å². The van der Waals surface area contributed by atoms with Crippen molar-refractivity contribution in [1.82, 2.24) is 5.06 Å². The number of hydrogen-bond acceptors (Lipinski definition) is 3. The Bertz CT molecular complexity index is 538. The van der Waals surface area contributed by atoms with Gasteiger partial charge in [0.05, 0.1) is 23.8 Å². The largest absolute Gasteiger partial charge is 0.495 e. The molecule has 1 N–H and O–H groups in total. The van der Waals surface area contributed by atoms with Crippen molar-refractivity contribution in [2.24, 2.45) is 0 Å². The molecule has 0 spiro atoms. The molecule has 0 aromatic heterocycles. The number of fused-ring (bicyclic) bond motifs is 1.